The predicted octanol–water partition coefficient (Wildman–Crippen LogP) is 3.90. The summed E-state index contributed by atoms with van der Waals surface area (Å²) in [5.41, 5.74) is 1.01. The Kier molecular flexibility index (Phi) is 2.22. The molecule has 1 aromatic carbocycles. The largest absolute Gasteiger partial charge is 0.244 e. The maximum atomic E-state index is 4.50. The molecule has 16 heavy (non-hydrogen) atoms. The molecule has 0 fully saturated rings. The van der Waals surface area contributed by atoms with Crippen LogP contribution in [-0.2, 0) is 0 Å². The van der Waals surface area contributed by atoms with Crippen molar-refractivity contribution in [3.05, 3.63) is 24.3 Å². The summed E-state index contributed by atoms with van der Waals surface area (Å²) in [6.45, 7) is 1.86. The van der Waals surface area contributed by atoms with Crippen LogP contribution in [-0.4, -0.2) is 9.98 Å². The van der Waals surface area contributed by atoms with Crippen LogP contribution in [0, 0.1) is 0 Å². The Balaban J connectivity index is 1.95. The number of thiazole rings is 1. The van der Waals surface area contributed by atoms with Crippen molar-refractivity contribution < 1.29 is 0 Å². The molecular formula is C9H7N5S2. The lowest BCUT2D eigenvalue weighted by Gasteiger charge is -2.09. The fourth-order valence-corrected chi connectivity index (χ4v) is 3.56. The Bertz CT molecular complexity index is 543. The normalized spacial score (nSPS) is 17.3. The Morgan fingerprint density at radius 3 is 2.69 bits per heavy atom. The van der Waals surface area contributed by atoms with Crippen molar-refractivity contribution in [1.82, 2.24) is 4.98 Å². The average molecular weight is 249 g/mol. The molecule has 1 aliphatic heterocycles. The summed E-state index contributed by atoms with van der Waals surface area (Å²) in [7, 11) is 0. The highest BCUT2D eigenvalue weighted by molar-refractivity contribution is 8.02. The van der Waals surface area contributed by atoms with Crippen LogP contribution in [0.3, 0.4) is 0 Å². The van der Waals surface area contributed by atoms with Crippen molar-refractivity contribution in [2.75, 3.05) is 0 Å². The van der Waals surface area contributed by atoms with Gasteiger partial charge in [-0.1, -0.05) is 12.1 Å². The van der Waals surface area contributed by atoms with E-state index in [-0.39, 0.29) is 0 Å². The van der Waals surface area contributed by atoms with Crippen molar-refractivity contribution in [2.45, 2.75) is 16.3 Å². The van der Waals surface area contributed by atoms with Gasteiger partial charge in [0, 0.05) is 0 Å². The Morgan fingerprint density at radius 2 is 1.94 bits per heavy atom. The molecule has 1 aliphatic rings. The predicted molar refractivity (Wildman–Crippen MR) is 63.6 cm³/mol. The van der Waals surface area contributed by atoms with Crippen LogP contribution in [0.2, 0.25) is 0 Å². The van der Waals surface area contributed by atoms with E-state index in [1.165, 1.54) is 16.5 Å². The molecule has 0 bridgehead atoms. The lowest BCUT2D eigenvalue weighted by molar-refractivity contribution is 0.710. The van der Waals surface area contributed by atoms with Gasteiger partial charge in [-0.25, -0.2) is 4.98 Å². The van der Waals surface area contributed by atoms with Crippen molar-refractivity contribution in [1.29, 1.82) is 0 Å². The number of hydrogen-bond acceptors (Lipinski definition) is 7. The molecule has 0 aliphatic carbocycles. The molecule has 7 heteroatoms. The second-order valence-corrected chi connectivity index (χ2v) is 6.02. The van der Waals surface area contributed by atoms with Gasteiger partial charge in [0.15, 0.2) is 4.34 Å². The summed E-state index contributed by atoms with van der Waals surface area (Å²) in [5, 5.41) is 15.0. The maximum absolute atomic E-state index is 4.50. The Labute approximate surface area is 99.7 Å². The van der Waals surface area contributed by atoms with E-state index in [9.17, 15) is 0 Å². The molecule has 0 amide bonds. The first-order valence-corrected chi connectivity index (χ1v) is 6.27. The molecule has 5 nitrogen and oxygen atoms in total. The summed E-state index contributed by atoms with van der Waals surface area (Å²) < 4.78 is 2.10. The van der Waals surface area contributed by atoms with Crippen LogP contribution < -0.4 is 0 Å². The van der Waals surface area contributed by atoms with Gasteiger partial charge in [0.2, 0.25) is 4.99 Å². The SMILES string of the molecule is CC1(Sc2nc3ccccc3s2)N=NN=N1. The van der Waals surface area contributed by atoms with Gasteiger partial charge in [-0.15, -0.1) is 21.6 Å². The summed E-state index contributed by atoms with van der Waals surface area (Å²) in [6.07, 6.45) is 0. The van der Waals surface area contributed by atoms with Gasteiger partial charge in [-0.05, 0) is 41.3 Å². The third-order valence-corrected chi connectivity index (χ3v) is 4.20. The van der Waals surface area contributed by atoms with E-state index in [2.05, 4.69) is 31.7 Å². The molecular weight excluding hydrogens is 242 g/mol. The van der Waals surface area contributed by atoms with Crippen LogP contribution in [0.5, 0.6) is 0 Å². The number of benzene rings is 1. The van der Waals surface area contributed by atoms with Crippen LogP contribution in [0.1, 0.15) is 6.92 Å². The molecule has 0 atom stereocenters. The molecule has 1 aromatic heterocycles. The smallest absolute Gasteiger partial charge is 0.229 e. The van der Waals surface area contributed by atoms with Gasteiger partial charge >= 0.3 is 0 Å². The molecule has 0 N–H and O–H groups in total. The highest BCUT2D eigenvalue weighted by Gasteiger charge is 2.29. The number of thioether (sulfide) groups is 1. The van der Waals surface area contributed by atoms with Crippen molar-refractivity contribution in [3.8, 4) is 0 Å². The Hall–Kier alpha value is -1.34. The number of para-hydroxylation sites is 1. The first kappa shape index (κ1) is 9.86. The highest BCUT2D eigenvalue weighted by atomic mass is 32.2. The van der Waals surface area contributed by atoms with Gasteiger partial charge in [0.1, 0.15) is 0 Å². The minimum atomic E-state index is -0.645. The molecule has 3 rings (SSSR count). The first-order chi connectivity index (χ1) is 7.75. The zero-order valence-corrected chi connectivity index (χ0v) is 9.99. The number of nitrogens with zero attached hydrogens (tertiary/aromatic N) is 5. The van der Waals surface area contributed by atoms with Crippen LogP contribution in [0.15, 0.2) is 49.3 Å². The zero-order chi connectivity index (χ0) is 11.0. The summed E-state index contributed by atoms with van der Waals surface area (Å²) in [6, 6.07) is 8.03. The molecule has 0 saturated heterocycles. The fraction of sp³-hybridized carbons (Fsp3) is 0.222. The lowest BCUT2D eigenvalue weighted by atomic mass is 10.3. The van der Waals surface area contributed by atoms with E-state index < -0.39 is 4.99 Å². The van der Waals surface area contributed by atoms with Crippen LogP contribution in [0.4, 0.5) is 0 Å². The fourth-order valence-electron chi connectivity index (χ4n) is 1.33. The van der Waals surface area contributed by atoms with E-state index in [1.807, 2.05) is 25.1 Å². The first-order valence-electron chi connectivity index (χ1n) is 4.64. The minimum absolute atomic E-state index is 0.645. The Morgan fingerprint density at radius 1 is 1.19 bits per heavy atom. The van der Waals surface area contributed by atoms with E-state index in [0.717, 1.165) is 9.86 Å². The highest BCUT2D eigenvalue weighted by Crippen LogP contribution is 2.41. The van der Waals surface area contributed by atoms with Crippen LogP contribution in [0.25, 0.3) is 10.2 Å². The van der Waals surface area contributed by atoms with Crippen LogP contribution >= 0.6 is 23.1 Å². The average Bonchev–Trinajstić information content (AvgIpc) is 2.84. The van der Waals surface area contributed by atoms with E-state index in [0.29, 0.717) is 0 Å². The van der Waals surface area contributed by atoms with Crippen molar-refractivity contribution in [3.63, 3.8) is 0 Å². The second kappa shape index (κ2) is 3.60. The summed E-state index contributed by atoms with van der Waals surface area (Å²) in [5.74, 6) is 0. The maximum Gasteiger partial charge on any atom is 0.244 e. The van der Waals surface area contributed by atoms with Gasteiger partial charge < -0.3 is 0 Å². The van der Waals surface area contributed by atoms with Gasteiger partial charge in [-0.2, -0.15) is 0 Å². The number of rotatable bonds is 2. The van der Waals surface area contributed by atoms with Crippen molar-refractivity contribution in [2.24, 2.45) is 20.7 Å². The quantitative estimate of drug-likeness (QED) is 0.810. The standard InChI is InChI=1S/C9H7N5S2/c1-9(11-13-14-12-9)16-8-10-6-4-2-3-5-7(6)15-8/h2-5H,1H3. The van der Waals surface area contributed by atoms with Crippen molar-refractivity contribution >= 4 is 33.3 Å². The molecule has 80 valence electrons. The molecule has 0 saturated carbocycles. The molecule has 2 heterocycles. The molecule has 0 unspecified atom stereocenters. The summed E-state index contributed by atoms with van der Waals surface area (Å²) >= 11 is 3.10. The molecule has 2 aromatic rings. The molecule has 0 radical (unpaired) electrons. The topological polar surface area (TPSA) is 62.3 Å². The van der Waals surface area contributed by atoms with Gasteiger partial charge in [0.05, 0.1) is 10.2 Å². The van der Waals surface area contributed by atoms with Gasteiger partial charge in [0.25, 0.3) is 0 Å². The van der Waals surface area contributed by atoms with E-state index >= 15 is 0 Å². The second-order valence-electron chi connectivity index (χ2n) is 3.36. The number of fused-ring (bicyclic) bond motifs is 1. The minimum Gasteiger partial charge on any atom is -0.229 e. The summed E-state index contributed by atoms with van der Waals surface area (Å²) in [4.78, 5) is 3.85. The van der Waals surface area contributed by atoms with E-state index in [4.69, 9.17) is 0 Å². The van der Waals surface area contributed by atoms with E-state index in [1.54, 1.807) is 11.3 Å². The third kappa shape index (κ3) is 1.72. The van der Waals surface area contributed by atoms with Gasteiger partial charge in [-0.3, -0.25) is 0 Å². The molecule has 0 spiro atoms. The lowest BCUT2D eigenvalue weighted by Crippen LogP contribution is -2.08. The third-order valence-electron chi connectivity index (χ3n) is 2.06. The monoisotopic (exact) mass is 249 g/mol. The number of hydrogen-bond donors (Lipinski definition) is 0. The number of aromatic nitrogens is 1. The zero-order valence-electron chi connectivity index (χ0n) is 8.36.